The van der Waals surface area contributed by atoms with Crippen molar-refractivity contribution >= 4 is 0 Å². The number of hydrogen-bond acceptors (Lipinski definition) is 4. The number of aliphatic hydroxyl groups excluding tert-OH is 1. The second-order valence-corrected chi connectivity index (χ2v) is 4.42. The van der Waals surface area contributed by atoms with Crippen molar-refractivity contribution in [2.45, 2.75) is 32.2 Å². The Kier molecular flexibility index (Phi) is 7.96. The third-order valence-corrected chi connectivity index (χ3v) is 2.47. The van der Waals surface area contributed by atoms with Crippen molar-refractivity contribution in [2.75, 3.05) is 40.0 Å². The van der Waals surface area contributed by atoms with Gasteiger partial charge in [-0.25, -0.2) is 0 Å². The number of rotatable bonds is 9. The predicted octanol–water partition coefficient (Wildman–Crippen LogP) is 0.445. The summed E-state index contributed by atoms with van der Waals surface area (Å²) < 4.78 is 5.27. The molecule has 1 atom stereocenters. The molecule has 0 aromatic rings. The van der Waals surface area contributed by atoms with E-state index in [1.807, 2.05) is 13.8 Å². The minimum absolute atomic E-state index is 0.0513. The van der Waals surface area contributed by atoms with Gasteiger partial charge in [0, 0.05) is 18.7 Å². The van der Waals surface area contributed by atoms with Crippen LogP contribution in [-0.4, -0.2) is 55.5 Å². The van der Waals surface area contributed by atoms with E-state index >= 15 is 0 Å². The summed E-state index contributed by atoms with van der Waals surface area (Å²) in [6, 6.07) is 0. The average Bonchev–Trinajstić information content (AvgIpc) is 2.18. The summed E-state index contributed by atoms with van der Waals surface area (Å²) in [5, 5.41) is 8.97. The summed E-state index contributed by atoms with van der Waals surface area (Å²) in [4.78, 5) is 2.23. The summed E-state index contributed by atoms with van der Waals surface area (Å²) >= 11 is 0. The monoisotopic (exact) mass is 218 g/mol. The quantitative estimate of drug-likeness (QED) is 0.552. The molecule has 4 nitrogen and oxygen atoms in total. The van der Waals surface area contributed by atoms with E-state index in [4.69, 9.17) is 15.6 Å². The maximum atomic E-state index is 8.97. The molecular weight excluding hydrogens is 192 g/mol. The fraction of sp³-hybridized carbons (Fsp3) is 1.00. The van der Waals surface area contributed by atoms with Crippen LogP contribution in [-0.2, 0) is 4.74 Å². The third-order valence-electron chi connectivity index (χ3n) is 2.47. The summed E-state index contributed by atoms with van der Waals surface area (Å²) in [6.45, 7) is 7.45. The van der Waals surface area contributed by atoms with Crippen molar-refractivity contribution in [2.24, 2.45) is 5.73 Å². The first-order valence-electron chi connectivity index (χ1n) is 5.68. The van der Waals surface area contributed by atoms with Crippen LogP contribution in [0.2, 0.25) is 0 Å². The molecule has 0 fully saturated rings. The third kappa shape index (κ3) is 8.81. The molecule has 0 aliphatic rings. The van der Waals surface area contributed by atoms with E-state index in [9.17, 15) is 0 Å². The van der Waals surface area contributed by atoms with Crippen LogP contribution in [0.25, 0.3) is 0 Å². The fourth-order valence-corrected chi connectivity index (χ4v) is 1.31. The van der Waals surface area contributed by atoms with Crippen molar-refractivity contribution in [3.63, 3.8) is 0 Å². The van der Waals surface area contributed by atoms with Gasteiger partial charge in [0.05, 0.1) is 13.2 Å². The molecule has 0 aromatic heterocycles. The van der Waals surface area contributed by atoms with E-state index in [2.05, 4.69) is 11.9 Å². The highest BCUT2D eigenvalue weighted by Crippen LogP contribution is 2.07. The van der Waals surface area contributed by atoms with E-state index in [-0.39, 0.29) is 6.61 Å². The minimum atomic E-state index is -0.430. The van der Waals surface area contributed by atoms with Crippen molar-refractivity contribution < 1.29 is 9.84 Å². The molecule has 0 aliphatic heterocycles. The van der Waals surface area contributed by atoms with Crippen molar-refractivity contribution in [3.8, 4) is 0 Å². The van der Waals surface area contributed by atoms with Crippen LogP contribution in [0.5, 0.6) is 0 Å². The molecule has 3 N–H and O–H groups in total. The molecule has 92 valence electrons. The minimum Gasteiger partial charge on any atom is -0.394 e. The van der Waals surface area contributed by atoms with Crippen LogP contribution in [0.3, 0.4) is 0 Å². The standard InChI is InChI=1S/C11H26N2O2/c1-4-15-9-8-13(3)7-5-6-11(2,12)10-14/h14H,4-10,12H2,1-3H3. The summed E-state index contributed by atoms with van der Waals surface area (Å²) in [6.07, 6.45) is 1.86. The van der Waals surface area contributed by atoms with Gasteiger partial charge in [0.15, 0.2) is 0 Å². The molecular formula is C11H26N2O2. The van der Waals surface area contributed by atoms with E-state index in [1.165, 1.54) is 0 Å². The van der Waals surface area contributed by atoms with Gasteiger partial charge in [-0.15, -0.1) is 0 Å². The van der Waals surface area contributed by atoms with Gasteiger partial charge in [0.2, 0.25) is 0 Å². The normalized spacial score (nSPS) is 15.6. The average molecular weight is 218 g/mol. The van der Waals surface area contributed by atoms with Crippen molar-refractivity contribution in [3.05, 3.63) is 0 Å². The first-order valence-corrected chi connectivity index (χ1v) is 5.68. The first-order chi connectivity index (χ1) is 7.02. The Morgan fingerprint density at radius 3 is 2.60 bits per heavy atom. The molecule has 0 saturated carbocycles. The number of nitrogens with two attached hydrogens (primary N) is 1. The van der Waals surface area contributed by atoms with Crippen molar-refractivity contribution in [1.29, 1.82) is 0 Å². The van der Waals surface area contributed by atoms with Gasteiger partial charge < -0.3 is 20.5 Å². The van der Waals surface area contributed by atoms with E-state index in [0.29, 0.717) is 0 Å². The number of ether oxygens (including phenoxy) is 1. The lowest BCUT2D eigenvalue weighted by atomic mass is 9.98. The zero-order chi connectivity index (χ0) is 11.7. The van der Waals surface area contributed by atoms with Crippen LogP contribution in [0.1, 0.15) is 26.7 Å². The highest BCUT2D eigenvalue weighted by molar-refractivity contribution is 4.77. The molecule has 4 heteroatoms. The highest BCUT2D eigenvalue weighted by atomic mass is 16.5. The van der Waals surface area contributed by atoms with E-state index in [0.717, 1.165) is 39.1 Å². The van der Waals surface area contributed by atoms with Crippen LogP contribution < -0.4 is 5.73 Å². The lowest BCUT2D eigenvalue weighted by molar-refractivity contribution is 0.120. The maximum Gasteiger partial charge on any atom is 0.0608 e. The maximum absolute atomic E-state index is 8.97. The number of likely N-dealkylation sites (N-methyl/N-ethyl adjacent to an activating group) is 1. The second kappa shape index (κ2) is 8.05. The number of nitrogens with zero attached hydrogens (tertiary/aromatic N) is 1. The Hall–Kier alpha value is -0.160. The van der Waals surface area contributed by atoms with Gasteiger partial charge in [0.25, 0.3) is 0 Å². The lowest BCUT2D eigenvalue weighted by Crippen LogP contribution is -2.40. The Bertz CT molecular complexity index is 152. The Balaban J connectivity index is 3.42. The van der Waals surface area contributed by atoms with Gasteiger partial charge >= 0.3 is 0 Å². The molecule has 0 bridgehead atoms. The molecule has 1 unspecified atom stereocenters. The molecule has 15 heavy (non-hydrogen) atoms. The van der Waals surface area contributed by atoms with Gasteiger partial charge in [-0.1, -0.05) is 0 Å². The van der Waals surface area contributed by atoms with E-state index in [1.54, 1.807) is 0 Å². The molecule has 0 spiro atoms. The Labute approximate surface area is 93.4 Å². The topological polar surface area (TPSA) is 58.7 Å². The smallest absolute Gasteiger partial charge is 0.0608 e. The van der Waals surface area contributed by atoms with Gasteiger partial charge in [-0.2, -0.15) is 0 Å². The summed E-state index contributed by atoms with van der Waals surface area (Å²) in [5.74, 6) is 0. The van der Waals surface area contributed by atoms with Crippen LogP contribution in [0, 0.1) is 0 Å². The SMILES string of the molecule is CCOCCN(C)CCCC(C)(N)CO. The Morgan fingerprint density at radius 2 is 2.07 bits per heavy atom. The first kappa shape index (κ1) is 14.8. The zero-order valence-corrected chi connectivity index (χ0v) is 10.3. The van der Waals surface area contributed by atoms with Gasteiger partial charge in [-0.05, 0) is 40.3 Å². The fourth-order valence-electron chi connectivity index (χ4n) is 1.31. The van der Waals surface area contributed by atoms with Crippen molar-refractivity contribution in [1.82, 2.24) is 4.90 Å². The largest absolute Gasteiger partial charge is 0.394 e. The Morgan fingerprint density at radius 1 is 1.40 bits per heavy atom. The number of aliphatic hydroxyl groups is 1. The molecule has 0 radical (unpaired) electrons. The summed E-state index contributed by atoms with van der Waals surface area (Å²) in [7, 11) is 2.08. The molecule has 0 amide bonds. The van der Waals surface area contributed by atoms with Gasteiger partial charge in [-0.3, -0.25) is 0 Å². The molecule has 0 aromatic carbocycles. The second-order valence-electron chi connectivity index (χ2n) is 4.42. The zero-order valence-electron chi connectivity index (χ0n) is 10.3. The molecule has 0 heterocycles. The van der Waals surface area contributed by atoms with Crippen LogP contribution in [0.4, 0.5) is 0 Å². The highest BCUT2D eigenvalue weighted by Gasteiger charge is 2.16. The lowest BCUT2D eigenvalue weighted by Gasteiger charge is -2.23. The van der Waals surface area contributed by atoms with Crippen LogP contribution >= 0.6 is 0 Å². The molecule has 0 rings (SSSR count). The van der Waals surface area contributed by atoms with Gasteiger partial charge in [0.1, 0.15) is 0 Å². The van der Waals surface area contributed by atoms with E-state index < -0.39 is 5.54 Å². The molecule has 0 saturated heterocycles. The summed E-state index contributed by atoms with van der Waals surface area (Å²) in [5.41, 5.74) is 5.40. The molecule has 0 aliphatic carbocycles. The van der Waals surface area contributed by atoms with Crippen LogP contribution in [0.15, 0.2) is 0 Å². The number of hydrogen-bond donors (Lipinski definition) is 2. The predicted molar refractivity (Wildman–Crippen MR) is 62.9 cm³/mol.